The summed E-state index contributed by atoms with van der Waals surface area (Å²) in [7, 11) is 0. The van der Waals surface area contributed by atoms with Gasteiger partial charge in [0, 0.05) is 31.7 Å². The van der Waals surface area contributed by atoms with E-state index >= 15 is 0 Å². The van der Waals surface area contributed by atoms with Gasteiger partial charge in [-0.15, -0.1) is 0 Å². The van der Waals surface area contributed by atoms with Gasteiger partial charge in [-0.2, -0.15) is 0 Å². The average molecular weight is 386 g/mol. The van der Waals surface area contributed by atoms with E-state index in [1.54, 1.807) is 21.9 Å². The van der Waals surface area contributed by atoms with Crippen molar-refractivity contribution in [1.82, 2.24) is 9.80 Å². The Hall–Kier alpha value is -3.60. The van der Waals surface area contributed by atoms with Gasteiger partial charge in [0.05, 0.1) is 0 Å². The number of amides is 2. The Labute approximate surface area is 170 Å². The Morgan fingerprint density at radius 3 is 1.76 bits per heavy atom. The molecule has 1 aliphatic rings. The molecule has 1 aliphatic heterocycles. The van der Waals surface area contributed by atoms with Crippen molar-refractivity contribution in [3.63, 3.8) is 0 Å². The summed E-state index contributed by atoms with van der Waals surface area (Å²) in [5.41, 5.74) is 2.86. The second-order valence-corrected chi connectivity index (χ2v) is 6.90. The predicted octanol–water partition coefficient (Wildman–Crippen LogP) is 4.31. The van der Waals surface area contributed by atoms with Crippen molar-refractivity contribution < 1.29 is 14.3 Å². The van der Waals surface area contributed by atoms with Crippen LogP contribution in [-0.4, -0.2) is 48.0 Å². The first kappa shape index (κ1) is 18.7. The highest BCUT2D eigenvalue weighted by Gasteiger charge is 2.26. The number of rotatable bonds is 3. The molecule has 5 nitrogen and oxygen atoms in total. The third-order valence-corrected chi connectivity index (χ3v) is 5.01. The van der Waals surface area contributed by atoms with Gasteiger partial charge in [-0.3, -0.25) is 4.79 Å². The predicted molar refractivity (Wildman–Crippen MR) is 112 cm³/mol. The fourth-order valence-electron chi connectivity index (χ4n) is 3.36. The monoisotopic (exact) mass is 386 g/mol. The van der Waals surface area contributed by atoms with Gasteiger partial charge in [0.25, 0.3) is 5.91 Å². The summed E-state index contributed by atoms with van der Waals surface area (Å²) in [4.78, 5) is 28.5. The topological polar surface area (TPSA) is 49.9 Å². The lowest BCUT2D eigenvalue weighted by Crippen LogP contribution is -2.51. The fourth-order valence-corrected chi connectivity index (χ4v) is 3.36. The van der Waals surface area contributed by atoms with E-state index in [-0.39, 0.29) is 12.0 Å². The maximum absolute atomic E-state index is 12.8. The molecule has 0 aliphatic carbocycles. The molecule has 3 aromatic rings. The molecule has 0 atom stereocenters. The number of hydrogen-bond donors (Lipinski definition) is 0. The van der Waals surface area contributed by atoms with Crippen molar-refractivity contribution in [2.75, 3.05) is 26.2 Å². The van der Waals surface area contributed by atoms with Crippen molar-refractivity contribution in [3.8, 4) is 16.9 Å². The molecule has 0 saturated carbocycles. The van der Waals surface area contributed by atoms with Gasteiger partial charge in [0.2, 0.25) is 0 Å². The van der Waals surface area contributed by atoms with Crippen LogP contribution < -0.4 is 4.74 Å². The maximum Gasteiger partial charge on any atom is 0.415 e. The molecule has 0 N–H and O–H groups in total. The van der Waals surface area contributed by atoms with E-state index in [1.165, 1.54) is 0 Å². The minimum Gasteiger partial charge on any atom is -0.410 e. The number of carbonyl (C=O) groups is 2. The molecular weight excluding hydrogens is 364 g/mol. The molecule has 1 fully saturated rings. The van der Waals surface area contributed by atoms with Gasteiger partial charge in [0.15, 0.2) is 0 Å². The van der Waals surface area contributed by atoms with Crippen LogP contribution in [0.15, 0.2) is 84.9 Å². The van der Waals surface area contributed by atoms with Crippen LogP contribution in [0.3, 0.4) is 0 Å². The summed E-state index contributed by atoms with van der Waals surface area (Å²) in [5, 5.41) is 0. The van der Waals surface area contributed by atoms with Gasteiger partial charge < -0.3 is 14.5 Å². The normalized spacial score (nSPS) is 13.8. The highest BCUT2D eigenvalue weighted by Crippen LogP contribution is 2.20. The van der Waals surface area contributed by atoms with Crippen LogP contribution in [0, 0.1) is 0 Å². The lowest BCUT2D eigenvalue weighted by Gasteiger charge is -2.34. The highest BCUT2D eigenvalue weighted by molar-refractivity contribution is 5.95. The first-order chi connectivity index (χ1) is 14.2. The van der Waals surface area contributed by atoms with Crippen LogP contribution in [0.4, 0.5) is 4.79 Å². The van der Waals surface area contributed by atoms with Crippen LogP contribution >= 0.6 is 0 Å². The standard InChI is InChI=1S/C24H22N2O3/c27-23(21-13-11-20(12-14-21)19-7-3-1-4-8-19)25-15-17-26(18-16-25)24(28)29-22-9-5-2-6-10-22/h1-14H,15-18H2. The van der Waals surface area contributed by atoms with Crippen LogP contribution in [0.5, 0.6) is 5.75 Å². The van der Waals surface area contributed by atoms with Gasteiger partial charge >= 0.3 is 6.09 Å². The molecule has 4 rings (SSSR count). The minimum absolute atomic E-state index is 0.0133. The van der Waals surface area contributed by atoms with Crippen molar-refractivity contribution >= 4 is 12.0 Å². The SMILES string of the molecule is O=C(Oc1ccccc1)N1CCN(C(=O)c2ccc(-c3ccccc3)cc2)CC1. The van der Waals surface area contributed by atoms with E-state index < -0.39 is 0 Å². The second-order valence-electron chi connectivity index (χ2n) is 6.90. The zero-order chi connectivity index (χ0) is 20.1. The first-order valence-electron chi connectivity index (χ1n) is 9.67. The van der Waals surface area contributed by atoms with Crippen molar-refractivity contribution in [3.05, 3.63) is 90.5 Å². The summed E-state index contributed by atoms with van der Waals surface area (Å²) in [6.07, 6.45) is -0.379. The number of benzene rings is 3. The Balaban J connectivity index is 1.33. The Kier molecular flexibility index (Phi) is 5.56. The van der Waals surface area contributed by atoms with Crippen molar-refractivity contribution in [2.45, 2.75) is 0 Å². The summed E-state index contributed by atoms with van der Waals surface area (Å²) < 4.78 is 5.37. The van der Waals surface area contributed by atoms with Crippen LogP contribution in [0.25, 0.3) is 11.1 Å². The Bertz CT molecular complexity index is 964. The minimum atomic E-state index is -0.379. The second kappa shape index (κ2) is 8.61. The molecule has 1 heterocycles. The van der Waals surface area contributed by atoms with Gasteiger partial charge in [-0.05, 0) is 35.4 Å². The molecule has 146 valence electrons. The summed E-state index contributed by atoms with van der Waals surface area (Å²) in [5.74, 6) is 0.509. The van der Waals surface area contributed by atoms with E-state index in [1.807, 2.05) is 72.8 Å². The van der Waals surface area contributed by atoms with Crippen molar-refractivity contribution in [1.29, 1.82) is 0 Å². The van der Waals surface area contributed by atoms with Crippen LogP contribution in [0.2, 0.25) is 0 Å². The zero-order valence-electron chi connectivity index (χ0n) is 16.0. The number of hydrogen-bond acceptors (Lipinski definition) is 3. The summed E-state index contributed by atoms with van der Waals surface area (Å²) in [6.45, 7) is 1.89. The molecule has 0 radical (unpaired) electrons. The summed E-state index contributed by atoms with van der Waals surface area (Å²) >= 11 is 0. The molecule has 29 heavy (non-hydrogen) atoms. The van der Waals surface area contributed by atoms with Gasteiger partial charge in [-0.1, -0.05) is 60.7 Å². The number of piperazine rings is 1. The van der Waals surface area contributed by atoms with Gasteiger partial charge in [0.1, 0.15) is 5.75 Å². The molecule has 0 unspecified atom stereocenters. The lowest BCUT2D eigenvalue weighted by molar-refractivity contribution is 0.0633. The van der Waals surface area contributed by atoms with E-state index in [9.17, 15) is 9.59 Å². The first-order valence-corrected chi connectivity index (χ1v) is 9.67. The largest absolute Gasteiger partial charge is 0.415 e. The molecule has 3 aromatic carbocycles. The third kappa shape index (κ3) is 4.46. The molecule has 0 spiro atoms. The summed E-state index contributed by atoms with van der Waals surface area (Å²) in [6, 6.07) is 26.7. The van der Waals surface area contributed by atoms with Crippen molar-refractivity contribution in [2.24, 2.45) is 0 Å². The molecule has 0 bridgehead atoms. The van der Waals surface area contributed by atoms with E-state index in [2.05, 4.69) is 0 Å². The molecule has 2 amide bonds. The smallest absolute Gasteiger partial charge is 0.410 e. The number of para-hydroxylation sites is 1. The van der Waals surface area contributed by atoms with Crippen LogP contribution in [-0.2, 0) is 0 Å². The number of ether oxygens (including phenoxy) is 1. The number of nitrogens with zero attached hydrogens (tertiary/aromatic N) is 2. The molecular formula is C24H22N2O3. The molecule has 1 saturated heterocycles. The molecule has 0 aromatic heterocycles. The molecule has 5 heteroatoms. The number of carbonyl (C=O) groups excluding carboxylic acids is 2. The Morgan fingerprint density at radius 1 is 0.621 bits per heavy atom. The van der Waals surface area contributed by atoms with E-state index in [0.29, 0.717) is 37.5 Å². The average Bonchev–Trinajstić information content (AvgIpc) is 2.80. The fraction of sp³-hybridized carbons (Fsp3) is 0.167. The van der Waals surface area contributed by atoms with Gasteiger partial charge in [-0.25, -0.2) is 4.79 Å². The maximum atomic E-state index is 12.8. The highest BCUT2D eigenvalue weighted by atomic mass is 16.6. The van der Waals surface area contributed by atoms with Crippen LogP contribution in [0.1, 0.15) is 10.4 Å². The van der Waals surface area contributed by atoms with E-state index in [0.717, 1.165) is 11.1 Å². The quantitative estimate of drug-likeness (QED) is 0.674. The lowest BCUT2D eigenvalue weighted by atomic mass is 10.0. The third-order valence-electron chi connectivity index (χ3n) is 5.01. The zero-order valence-corrected chi connectivity index (χ0v) is 16.0. The van der Waals surface area contributed by atoms with E-state index in [4.69, 9.17) is 4.74 Å². The Morgan fingerprint density at radius 2 is 1.14 bits per heavy atom.